The lowest BCUT2D eigenvalue weighted by atomic mass is 10.1. The smallest absolute Gasteiger partial charge is 0.300 e. The summed E-state index contributed by atoms with van der Waals surface area (Å²) in [6, 6.07) is 2.69. The Morgan fingerprint density at radius 3 is 2.57 bits per heavy atom. The van der Waals surface area contributed by atoms with E-state index >= 15 is 0 Å². The number of aliphatic hydroxyl groups is 3. The highest BCUT2D eigenvalue weighted by molar-refractivity contribution is 5.93. The minimum absolute atomic E-state index is 0.00107. The molecule has 0 amide bonds. The summed E-state index contributed by atoms with van der Waals surface area (Å²) in [5.74, 6) is 0. The lowest BCUT2D eigenvalue weighted by Gasteiger charge is -2.16. The number of hydrogen-bond acceptors (Lipinski definition) is 10. The van der Waals surface area contributed by atoms with Gasteiger partial charge in [0.1, 0.15) is 24.4 Å². The fourth-order valence-corrected chi connectivity index (χ4v) is 2.50. The van der Waals surface area contributed by atoms with E-state index in [0.29, 0.717) is 5.69 Å². The second-order valence-corrected chi connectivity index (χ2v) is 5.11. The summed E-state index contributed by atoms with van der Waals surface area (Å²) in [6.45, 7) is -0.321. The normalized spacial score (nSPS) is 27.4. The SMILES string of the molecule is O=[N+]([O-])c1ccc(NCC2OC(CO)C(O)C2O)c2nonc12. The Balaban J connectivity index is 1.77. The number of nitrogens with zero attached hydrogens (tertiary/aromatic N) is 3. The third-order valence-corrected chi connectivity index (χ3v) is 3.73. The van der Waals surface area contributed by atoms with Gasteiger partial charge in [-0.3, -0.25) is 10.1 Å². The van der Waals surface area contributed by atoms with Crippen molar-refractivity contribution in [3.63, 3.8) is 0 Å². The zero-order chi connectivity index (χ0) is 16.6. The van der Waals surface area contributed by atoms with Crippen molar-refractivity contribution in [2.24, 2.45) is 0 Å². The summed E-state index contributed by atoms with van der Waals surface area (Å²) in [7, 11) is 0. The van der Waals surface area contributed by atoms with Crippen LogP contribution in [-0.2, 0) is 4.74 Å². The number of hydrogen-bond donors (Lipinski definition) is 4. The van der Waals surface area contributed by atoms with Gasteiger partial charge in [-0.25, -0.2) is 4.63 Å². The van der Waals surface area contributed by atoms with E-state index in [4.69, 9.17) is 9.84 Å². The summed E-state index contributed by atoms with van der Waals surface area (Å²) in [4.78, 5) is 10.3. The van der Waals surface area contributed by atoms with E-state index in [2.05, 4.69) is 20.3 Å². The van der Waals surface area contributed by atoms with Crippen molar-refractivity contribution >= 4 is 22.4 Å². The molecule has 2 aromatic rings. The number of nitro benzene ring substituents is 1. The third-order valence-electron chi connectivity index (χ3n) is 3.73. The van der Waals surface area contributed by atoms with Crippen molar-refractivity contribution in [2.45, 2.75) is 24.4 Å². The van der Waals surface area contributed by atoms with Crippen LogP contribution in [0.1, 0.15) is 0 Å². The fraction of sp³-hybridized carbons (Fsp3) is 0.500. The van der Waals surface area contributed by atoms with Gasteiger partial charge in [0.2, 0.25) is 5.52 Å². The Morgan fingerprint density at radius 2 is 1.91 bits per heavy atom. The highest BCUT2D eigenvalue weighted by Gasteiger charge is 2.42. The summed E-state index contributed by atoms with van der Waals surface area (Å²) >= 11 is 0. The first kappa shape index (κ1) is 15.6. The number of aliphatic hydroxyl groups excluding tert-OH is 3. The monoisotopic (exact) mass is 326 g/mol. The van der Waals surface area contributed by atoms with Crippen LogP contribution in [0.3, 0.4) is 0 Å². The number of ether oxygens (including phenoxy) is 1. The van der Waals surface area contributed by atoms with Crippen LogP contribution >= 0.6 is 0 Å². The van der Waals surface area contributed by atoms with Crippen LogP contribution in [0.5, 0.6) is 0 Å². The Kier molecular flexibility index (Phi) is 4.09. The number of nitro groups is 1. The number of rotatable bonds is 5. The van der Waals surface area contributed by atoms with Gasteiger partial charge in [0, 0.05) is 12.6 Å². The van der Waals surface area contributed by atoms with Crippen molar-refractivity contribution in [1.82, 2.24) is 10.3 Å². The second kappa shape index (κ2) is 6.04. The molecular weight excluding hydrogens is 312 g/mol. The molecule has 1 aliphatic rings. The molecule has 0 saturated carbocycles. The summed E-state index contributed by atoms with van der Waals surface area (Å²) in [6.07, 6.45) is -3.96. The van der Waals surface area contributed by atoms with Gasteiger partial charge >= 0.3 is 5.69 Å². The van der Waals surface area contributed by atoms with Crippen LogP contribution in [0.25, 0.3) is 11.0 Å². The van der Waals surface area contributed by atoms with Crippen molar-refractivity contribution in [3.8, 4) is 0 Å². The van der Waals surface area contributed by atoms with Crippen LogP contribution in [0.2, 0.25) is 0 Å². The van der Waals surface area contributed by atoms with E-state index in [1.165, 1.54) is 12.1 Å². The summed E-state index contributed by atoms with van der Waals surface area (Å²) in [5.41, 5.74) is 0.344. The van der Waals surface area contributed by atoms with Crippen molar-refractivity contribution < 1.29 is 29.6 Å². The van der Waals surface area contributed by atoms with E-state index in [1.54, 1.807) is 0 Å². The minimum Gasteiger partial charge on any atom is -0.394 e. The van der Waals surface area contributed by atoms with Gasteiger partial charge in [-0.1, -0.05) is 0 Å². The maximum atomic E-state index is 10.9. The van der Waals surface area contributed by atoms with Crippen LogP contribution in [0, 0.1) is 10.1 Å². The first-order valence-electron chi connectivity index (χ1n) is 6.79. The Bertz CT molecular complexity index is 720. The topological polar surface area (TPSA) is 164 Å². The highest BCUT2D eigenvalue weighted by Crippen LogP contribution is 2.29. The molecule has 0 radical (unpaired) electrons. The van der Waals surface area contributed by atoms with Gasteiger partial charge in [0.15, 0.2) is 5.52 Å². The molecule has 1 aromatic carbocycles. The van der Waals surface area contributed by atoms with E-state index in [-0.39, 0.29) is 23.3 Å². The summed E-state index contributed by atoms with van der Waals surface area (Å²) < 4.78 is 9.87. The zero-order valence-electron chi connectivity index (χ0n) is 11.7. The molecule has 124 valence electrons. The Morgan fingerprint density at radius 1 is 1.22 bits per heavy atom. The average Bonchev–Trinajstić information content (AvgIpc) is 3.12. The highest BCUT2D eigenvalue weighted by atomic mass is 16.6. The van der Waals surface area contributed by atoms with E-state index in [0.717, 1.165) is 0 Å². The molecule has 3 rings (SSSR count). The molecule has 0 spiro atoms. The minimum atomic E-state index is -1.18. The van der Waals surface area contributed by atoms with Gasteiger partial charge in [-0.2, -0.15) is 0 Å². The lowest BCUT2D eigenvalue weighted by Crippen LogP contribution is -2.36. The standard InChI is InChI=1S/C12H14N4O7/c17-4-8-12(19)11(18)7(22-8)3-13-5-1-2-6(16(20)21)10-9(5)14-23-15-10/h1-2,7-8,11-13,17-19H,3-4H2. The molecule has 1 aliphatic heterocycles. The van der Waals surface area contributed by atoms with E-state index in [1.807, 2.05) is 0 Å². The fourth-order valence-electron chi connectivity index (χ4n) is 2.50. The molecule has 0 bridgehead atoms. The molecule has 0 aliphatic carbocycles. The number of aromatic nitrogens is 2. The van der Waals surface area contributed by atoms with E-state index in [9.17, 15) is 20.3 Å². The summed E-state index contributed by atoms with van der Waals surface area (Å²) in [5, 5.41) is 49.6. The molecule has 4 N–H and O–H groups in total. The largest absolute Gasteiger partial charge is 0.394 e. The number of fused-ring (bicyclic) bond motifs is 1. The van der Waals surface area contributed by atoms with Crippen molar-refractivity contribution in [3.05, 3.63) is 22.2 Å². The number of anilines is 1. The third kappa shape index (κ3) is 2.70. The number of benzene rings is 1. The van der Waals surface area contributed by atoms with Crippen molar-refractivity contribution in [1.29, 1.82) is 0 Å². The van der Waals surface area contributed by atoms with Gasteiger partial charge in [-0.15, -0.1) is 0 Å². The van der Waals surface area contributed by atoms with Crippen LogP contribution in [-0.4, -0.2) is 68.1 Å². The maximum absolute atomic E-state index is 10.9. The molecule has 11 nitrogen and oxygen atoms in total. The van der Waals surface area contributed by atoms with E-state index < -0.39 is 35.9 Å². The van der Waals surface area contributed by atoms with Crippen LogP contribution < -0.4 is 5.32 Å². The lowest BCUT2D eigenvalue weighted by molar-refractivity contribution is -0.383. The molecule has 1 saturated heterocycles. The van der Waals surface area contributed by atoms with Crippen molar-refractivity contribution in [2.75, 3.05) is 18.5 Å². The molecule has 4 atom stereocenters. The van der Waals surface area contributed by atoms with Gasteiger partial charge < -0.3 is 25.4 Å². The molecule has 4 unspecified atom stereocenters. The zero-order valence-corrected chi connectivity index (χ0v) is 11.7. The first-order valence-corrected chi connectivity index (χ1v) is 6.79. The molecule has 11 heteroatoms. The quantitative estimate of drug-likeness (QED) is 0.396. The number of non-ortho nitro benzene ring substituents is 1. The Labute approximate surface area is 128 Å². The molecule has 2 heterocycles. The predicted molar refractivity (Wildman–Crippen MR) is 74.7 cm³/mol. The second-order valence-electron chi connectivity index (χ2n) is 5.11. The molecule has 23 heavy (non-hydrogen) atoms. The van der Waals surface area contributed by atoms with Crippen LogP contribution in [0.4, 0.5) is 11.4 Å². The first-order chi connectivity index (χ1) is 11.0. The molecular formula is C12H14N4O7. The van der Waals surface area contributed by atoms with Gasteiger partial charge in [-0.05, 0) is 16.4 Å². The van der Waals surface area contributed by atoms with Crippen LogP contribution in [0.15, 0.2) is 16.8 Å². The molecule has 1 aromatic heterocycles. The predicted octanol–water partition coefficient (Wildman–Crippen LogP) is -0.976. The van der Waals surface area contributed by atoms with Gasteiger partial charge in [0.05, 0.1) is 17.2 Å². The maximum Gasteiger partial charge on any atom is 0.300 e. The Hall–Kier alpha value is -2.34. The molecule has 1 fully saturated rings. The van der Waals surface area contributed by atoms with Gasteiger partial charge in [0.25, 0.3) is 0 Å². The number of nitrogens with one attached hydrogen (secondary N) is 1. The average molecular weight is 326 g/mol.